The Labute approximate surface area is 168 Å². The number of aromatic nitrogens is 3. The third-order valence-corrected chi connectivity index (χ3v) is 6.19. The lowest BCUT2D eigenvalue weighted by Gasteiger charge is -2.26. The quantitative estimate of drug-likeness (QED) is 0.727. The third-order valence-electron chi connectivity index (χ3n) is 6.19. The first-order valence-corrected chi connectivity index (χ1v) is 10.3. The van der Waals surface area contributed by atoms with Crippen LogP contribution in [0.15, 0.2) is 42.5 Å². The minimum absolute atomic E-state index is 0.0211. The van der Waals surface area contributed by atoms with Gasteiger partial charge in [-0.05, 0) is 37.0 Å². The Bertz CT molecular complexity index is 1070. The molecule has 2 aliphatic heterocycles. The van der Waals surface area contributed by atoms with Crippen molar-refractivity contribution in [2.45, 2.75) is 38.0 Å². The first-order valence-electron chi connectivity index (χ1n) is 10.3. The molecule has 2 atom stereocenters. The molecule has 1 amide bonds. The van der Waals surface area contributed by atoms with E-state index in [9.17, 15) is 4.79 Å². The summed E-state index contributed by atoms with van der Waals surface area (Å²) in [4.78, 5) is 19.0. The van der Waals surface area contributed by atoms with E-state index < -0.39 is 0 Å². The molecule has 3 fully saturated rings. The van der Waals surface area contributed by atoms with Gasteiger partial charge >= 0.3 is 0 Å². The summed E-state index contributed by atoms with van der Waals surface area (Å²) in [6, 6.07) is 15.1. The van der Waals surface area contributed by atoms with Crippen LogP contribution in [0.25, 0.3) is 16.9 Å². The fourth-order valence-electron chi connectivity index (χ4n) is 4.42. The van der Waals surface area contributed by atoms with Gasteiger partial charge in [-0.15, -0.1) is 5.10 Å². The molecule has 1 aromatic carbocycles. The van der Waals surface area contributed by atoms with E-state index >= 15 is 0 Å². The lowest BCUT2D eigenvalue weighted by Crippen LogP contribution is -2.36. The van der Waals surface area contributed by atoms with Crippen molar-refractivity contribution in [3.63, 3.8) is 0 Å². The molecule has 2 saturated heterocycles. The SMILES string of the molecule is O=C(Nc1nc2cccc(-c3ccc(CN4C[C@@H]5C[C@H]4CO5)cc3)n2n1)C1CC1. The summed E-state index contributed by atoms with van der Waals surface area (Å²) in [5.74, 6) is 0.524. The van der Waals surface area contributed by atoms with Gasteiger partial charge in [0.15, 0.2) is 5.65 Å². The zero-order chi connectivity index (χ0) is 19.4. The topological polar surface area (TPSA) is 71.8 Å². The highest BCUT2D eigenvalue weighted by molar-refractivity contribution is 5.92. The second-order valence-corrected chi connectivity index (χ2v) is 8.35. The number of rotatable bonds is 5. The van der Waals surface area contributed by atoms with Crippen molar-refractivity contribution in [1.29, 1.82) is 0 Å². The molecule has 29 heavy (non-hydrogen) atoms. The van der Waals surface area contributed by atoms with Crippen LogP contribution in [0.5, 0.6) is 0 Å². The van der Waals surface area contributed by atoms with Crippen LogP contribution in [0.3, 0.4) is 0 Å². The number of hydrogen-bond donors (Lipinski definition) is 1. The van der Waals surface area contributed by atoms with Crippen molar-refractivity contribution < 1.29 is 9.53 Å². The number of likely N-dealkylation sites (tertiary alicyclic amines) is 1. The summed E-state index contributed by atoms with van der Waals surface area (Å²) < 4.78 is 7.50. The fraction of sp³-hybridized carbons (Fsp3) is 0.409. The number of nitrogens with zero attached hydrogens (tertiary/aromatic N) is 4. The van der Waals surface area contributed by atoms with Gasteiger partial charge in [0.25, 0.3) is 0 Å². The number of fused-ring (bicyclic) bond motifs is 3. The Hall–Kier alpha value is -2.77. The lowest BCUT2D eigenvalue weighted by molar-refractivity contribution is -0.117. The minimum Gasteiger partial charge on any atom is -0.375 e. The molecule has 1 saturated carbocycles. The number of anilines is 1. The van der Waals surface area contributed by atoms with Gasteiger partial charge in [0.1, 0.15) is 0 Å². The van der Waals surface area contributed by atoms with Gasteiger partial charge < -0.3 is 4.74 Å². The Morgan fingerprint density at radius 3 is 2.76 bits per heavy atom. The molecule has 2 aromatic heterocycles. The van der Waals surface area contributed by atoms with Crippen LogP contribution in [0, 0.1) is 5.92 Å². The standard InChI is InChI=1S/C22H23N5O2/c28-21(16-8-9-16)24-22-23-20-3-1-2-19(27(20)25-22)15-6-4-14(5-7-15)11-26-12-18-10-17(26)13-29-18/h1-7,16-18H,8-13H2,(H,24,25,28)/t17-,18-/m0/s1. The molecule has 0 unspecified atom stereocenters. The molecular formula is C22H23N5O2. The minimum atomic E-state index is 0.0211. The zero-order valence-corrected chi connectivity index (χ0v) is 16.1. The van der Waals surface area contributed by atoms with Crippen molar-refractivity contribution in [3.05, 3.63) is 48.0 Å². The maximum atomic E-state index is 12.0. The summed E-state index contributed by atoms with van der Waals surface area (Å²) in [7, 11) is 0. The largest absolute Gasteiger partial charge is 0.375 e. The van der Waals surface area contributed by atoms with E-state index in [0.29, 0.717) is 18.1 Å². The second-order valence-electron chi connectivity index (χ2n) is 8.35. The maximum Gasteiger partial charge on any atom is 0.249 e. The Morgan fingerprint density at radius 2 is 2.03 bits per heavy atom. The summed E-state index contributed by atoms with van der Waals surface area (Å²) in [5.41, 5.74) is 4.08. The molecule has 3 aliphatic rings. The molecule has 6 rings (SSSR count). The van der Waals surface area contributed by atoms with Crippen LogP contribution in [0.2, 0.25) is 0 Å². The van der Waals surface area contributed by atoms with Crippen LogP contribution in [-0.2, 0) is 16.1 Å². The third kappa shape index (κ3) is 3.20. The highest BCUT2D eigenvalue weighted by atomic mass is 16.5. The monoisotopic (exact) mass is 389 g/mol. The maximum absolute atomic E-state index is 12.0. The van der Waals surface area contributed by atoms with Gasteiger partial charge in [-0.2, -0.15) is 4.98 Å². The van der Waals surface area contributed by atoms with Gasteiger partial charge in [-0.3, -0.25) is 15.0 Å². The van der Waals surface area contributed by atoms with Crippen LogP contribution in [0.4, 0.5) is 5.95 Å². The molecule has 0 spiro atoms. The molecular weight excluding hydrogens is 366 g/mol. The van der Waals surface area contributed by atoms with Crippen molar-refractivity contribution in [2.75, 3.05) is 18.5 Å². The predicted molar refractivity (Wildman–Crippen MR) is 108 cm³/mol. The van der Waals surface area contributed by atoms with Crippen LogP contribution in [-0.4, -0.2) is 50.7 Å². The number of benzene rings is 1. The van der Waals surface area contributed by atoms with E-state index in [1.54, 1.807) is 4.52 Å². The summed E-state index contributed by atoms with van der Waals surface area (Å²) >= 11 is 0. The molecule has 3 aromatic rings. The molecule has 4 heterocycles. The molecule has 1 aliphatic carbocycles. The van der Waals surface area contributed by atoms with E-state index in [4.69, 9.17) is 4.74 Å². The van der Waals surface area contributed by atoms with E-state index in [2.05, 4.69) is 44.6 Å². The van der Waals surface area contributed by atoms with E-state index in [-0.39, 0.29) is 11.8 Å². The van der Waals surface area contributed by atoms with E-state index in [1.807, 2.05) is 18.2 Å². The van der Waals surface area contributed by atoms with Crippen molar-refractivity contribution in [3.8, 4) is 11.3 Å². The van der Waals surface area contributed by atoms with Crippen molar-refractivity contribution in [2.24, 2.45) is 5.92 Å². The Balaban J connectivity index is 1.23. The second kappa shape index (κ2) is 6.64. The first kappa shape index (κ1) is 17.1. The molecule has 2 bridgehead atoms. The number of nitrogens with one attached hydrogen (secondary N) is 1. The molecule has 7 nitrogen and oxygen atoms in total. The number of pyridine rings is 1. The smallest absolute Gasteiger partial charge is 0.249 e. The number of carbonyl (C=O) groups is 1. The van der Waals surface area contributed by atoms with Gasteiger partial charge in [-0.1, -0.05) is 30.3 Å². The number of morpholine rings is 1. The Morgan fingerprint density at radius 1 is 1.17 bits per heavy atom. The van der Waals surface area contributed by atoms with Crippen molar-refractivity contribution >= 4 is 17.5 Å². The molecule has 148 valence electrons. The normalized spacial score (nSPS) is 23.7. The molecule has 7 heteroatoms. The van der Waals surface area contributed by atoms with Crippen LogP contribution in [0.1, 0.15) is 24.8 Å². The van der Waals surface area contributed by atoms with E-state index in [0.717, 1.165) is 49.4 Å². The average molecular weight is 389 g/mol. The van der Waals surface area contributed by atoms with Gasteiger partial charge in [0.2, 0.25) is 11.9 Å². The Kier molecular flexibility index (Phi) is 3.92. The summed E-state index contributed by atoms with van der Waals surface area (Å²) in [5, 5.41) is 7.36. The number of ether oxygens (including phenoxy) is 1. The molecule has 0 radical (unpaired) electrons. The molecule has 1 N–H and O–H groups in total. The zero-order valence-electron chi connectivity index (χ0n) is 16.1. The van der Waals surface area contributed by atoms with Gasteiger partial charge in [0, 0.05) is 30.6 Å². The predicted octanol–water partition coefficient (Wildman–Crippen LogP) is 2.72. The van der Waals surface area contributed by atoms with Gasteiger partial charge in [-0.25, -0.2) is 4.52 Å². The average Bonchev–Trinajstić information content (AvgIpc) is 3.18. The highest BCUT2D eigenvalue weighted by Gasteiger charge is 2.38. The van der Waals surface area contributed by atoms with Crippen LogP contribution < -0.4 is 5.32 Å². The summed E-state index contributed by atoms with van der Waals surface area (Å²) in [6.45, 7) is 2.88. The highest BCUT2D eigenvalue weighted by Crippen LogP contribution is 2.31. The van der Waals surface area contributed by atoms with E-state index in [1.165, 1.54) is 12.0 Å². The lowest BCUT2D eigenvalue weighted by atomic mass is 10.1. The number of carbonyl (C=O) groups excluding carboxylic acids is 1. The van der Waals surface area contributed by atoms with Gasteiger partial charge in [0.05, 0.1) is 18.4 Å². The van der Waals surface area contributed by atoms with Crippen molar-refractivity contribution in [1.82, 2.24) is 19.5 Å². The number of hydrogen-bond acceptors (Lipinski definition) is 5. The summed E-state index contributed by atoms with van der Waals surface area (Å²) in [6.07, 6.45) is 3.52. The van der Waals surface area contributed by atoms with Crippen LogP contribution >= 0.6 is 0 Å². The fourth-order valence-corrected chi connectivity index (χ4v) is 4.42. The number of amides is 1. The first-order chi connectivity index (χ1) is 14.2.